The molecule has 0 aliphatic carbocycles. The summed E-state index contributed by atoms with van der Waals surface area (Å²) in [6.45, 7) is 1.81. The van der Waals surface area contributed by atoms with Crippen LogP contribution in [0.25, 0.3) is 0 Å². The maximum Gasteiger partial charge on any atom is 1.00 e. The van der Waals surface area contributed by atoms with E-state index < -0.39 is 15.4 Å². The summed E-state index contributed by atoms with van der Waals surface area (Å²) in [6, 6.07) is 53.5. The quantitative estimate of drug-likeness (QED) is 0.109. The van der Waals surface area contributed by atoms with Gasteiger partial charge >= 0.3 is 29.6 Å². The molecule has 0 radical (unpaired) electrons. The van der Waals surface area contributed by atoms with Gasteiger partial charge in [-0.15, -0.1) is 0 Å². The predicted octanol–water partition coefficient (Wildman–Crippen LogP) is 7.56. The third-order valence-electron chi connectivity index (χ3n) is 8.51. The molecule has 1 aliphatic heterocycles. The van der Waals surface area contributed by atoms with Gasteiger partial charge in [0.25, 0.3) is 0 Å². The molecular formula is C40H34N3NaO3S2. The van der Waals surface area contributed by atoms with Gasteiger partial charge in [-0.2, -0.15) is 0 Å². The van der Waals surface area contributed by atoms with Gasteiger partial charge in [-0.25, -0.2) is 8.42 Å². The molecule has 0 aromatic heterocycles. The number of nitrogens with zero attached hydrogens (tertiary/aromatic N) is 3. The second kappa shape index (κ2) is 15.3. The molecule has 240 valence electrons. The van der Waals surface area contributed by atoms with Gasteiger partial charge in [-0.05, 0) is 86.1 Å². The Hall–Kier alpha value is -4.02. The van der Waals surface area contributed by atoms with Crippen LogP contribution in [0.15, 0.2) is 168 Å². The Balaban J connectivity index is 0.00000417. The van der Waals surface area contributed by atoms with Crippen LogP contribution in [0.3, 0.4) is 0 Å². The summed E-state index contributed by atoms with van der Waals surface area (Å²) in [5, 5.41) is -1.06. The number of fused-ring (bicyclic) bond motifs is 2. The third-order valence-corrected chi connectivity index (χ3v) is 10.8. The van der Waals surface area contributed by atoms with Crippen molar-refractivity contribution in [3.63, 3.8) is 0 Å². The standard InChI is InChI=1S/C40H35N3O3S2.Na/c1-30(48(44,45)46)28-29-41-39-35(42(31-16-6-2-7-17-31)32-18-8-3-9-19-32)24-14-26-37(39)47-38-27-15-25-36(40(38)41)43(33-20-10-4-11-21-33)34-22-12-5-13-23-34;/h2-27,30H,28-29H2,1H3,(H,44,45,46);/q;+1/p-1. The molecule has 0 bridgehead atoms. The number of hydrogen-bond acceptors (Lipinski definition) is 7. The predicted molar refractivity (Wildman–Crippen MR) is 197 cm³/mol. The molecule has 6 aromatic carbocycles. The van der Waals surface area contributed by atoms with Gasteiger partial charge in [-0.1, -0.05) is 96.7 Å². The van der Waals surface area contributed by atoms with Crippen LogP contribution in [0.5, 0.6) is 0 Å². The first-order valence-corrected chi connectivity index (χ1v) is 18.2. The molecule has 0 amide bonds. The summed E-state index contributed by atoms with van der Waals surface area (Å²) in [5.74, 6) is 0. The molecule has 6 nitrogen and oxygen atoms in total. The molecule has 6 aromatic rings. The Morgan fingerprint density at radius 1 is 0.571 bits per heavy atom. The minimum atomic E-state index is -4.49. The first kappa shape index (κ1) is 34.8. The molecule has 1 heterocycles. The van der Waals surface area contributed by atoms with Crippen molar-refractivity contribution in [1.82, 2.24) is 0 Å². The second-order valence-corrected chi connectivity index (χ2v) is 14.5. The van der Waals surface area contributed by atoms with Gasteiger partial charge in [0.05, 0.1) is 32.9 Å². The Bertz CT molecular complexity index is 1910. The van der Waals surface area contributed by atoms with Crippen LogP contribution in [-0.4, -0.2) is 24.8 Å². The number of para-hydroxylation sites is 6. The Kier molecular flexibility index (Phi) is 10.8. The normalized spacial score (nSPS) is 12.7. The zero-order valence-electron chi connectivity index (χ0n) is 27.4. The van der Waals surface area contributed by atoms with E-state index in [1.54, 1.807) is 11.8 Å². The van der Waals surface area contributed by atoms with Gasteiger partial charge in [0, 0.05) is 44.3 Å². The minimum absolute atomic E-state index is 0. The van der Waals surface area contributed by atoms with Crippen LogP contribution < -0.4 is 44.3 Å². The van der Waals surface area contributed by atoms with Crippen LogP contribution in [-0.2, 0) is 10.1 Å². The summed E-state index contributed by atoms with van der Waals surface area (Å²) < 4.78 is 36.6. The van der Waals surface area contributed by atoms with Gasteiger partial charge in [0.2, 0.25) is 0 Å². The molecule has 0 spiro atoms. The molecule has 1 aliphatic rings. The summed E-state index contributed by atoms with van der Waals surface area (Å²) in [4.78, 5) is 8.78. The third kappa shape index (κ3) is 7.31. The average molecular weight is 692 g/mol. The van der Waals surface area contributed by atoms with Crippen molar-refractivity contribution in [2.75, 3.05) is 21.2 Å². The van der Waals surface area contributed by atoms with Crippen molar-refractivity contribution in [2.45, 2.75) is 28.4 Å². The van der Waals surface area contributed by atoms with E-state index in [0.717, 1.165) is 55.3 Å². The Labute approximate surface area is 315 Å². The van der Waals surface area contributed by atoms with E-state index in [9.17, 15) is 13.0 Å². The summed E-state index contributed by atoms with van der Waals surface area (Å²) in [6.07, 6.45) is 0.158. The van der Waals surface area contributed by atoms with Crippen LogP contribution in [0, 0.1) is 0 Å². The van der Waals surface area contributed by atoms with E-state index in [0.29, 0.717) is 6.54 Å². The first-order chi connectivity index (χ1) is 23.4. The van der Waals surface area contributed by atoms with E-state index >= 15 is 0 Å². The van der Waals surface area contributed by atoms with E-state index in [1.807, 2.05) is 72.8 Å². The van der Waals surface area contributed by atoms with Gasteiger partial charge in [-0.3, -0.25) is 0 Å². The van der Waals surface area contributed by atoms with Crippen molar-refractivity contribution in [1.29, 1.82) is 0 Å². The van der Waals surface area contributed by atoms with Crippen LogP contribution >= 0.6 is 11.8 Å². The molecule has 1 atom stereocenters. The molecule has 7 rings (SSSR count). The number of hydrogen-bond donors (Lipinski definition) is 0. The molecule has 0 saturated carbocycles. The van der Waals surface area contributed by atoms with E-state index in [4.69, 9.17) is 0 Å². The second-order valence-electron chi connectivity index (χ2n) is 11.6. The maximum atomic E-state index is 12.2. The van der Waals surface area contributed by atoms with Crippen molar-refractivity contribution in [3.8, 4) is 0 Å². The minimum Gasteiger partial charge on any atom is -0.748 e. The van der Waals surface area contributed by atoms with Crippen molar-refractivity contribution >= 4 is 67.4 Å². The van der Waals surface area contributed by atoms with Crippen LogP contribution in [0.2, 0.25) is 0 Å². The SMILES string of the molecule is CC(CCN1c2c(cccc2N(c2ccccc2)c2ccccc2)Sc2cccc(N(c3ccccc3)c3ccccc3)c21)S(=O)(=O)[O-].[Na+]. The first-order valence-electron chi connectivity index (χ1n) is 15.9. The number of benzene rings is 6. The zero-order valence-corrected chi connectivity index (χ0v) is 31.0. The Morgan fingerprint density at radius 2 is 0.918 bits per heavy atom. The maximum absolute atomic E-state index is 12.2. The molecule has 9 heteroatoms. The van der Waals surface area contributed by atoms with Crippen LogP contribution in [0.4, 0.5) is 45.5 Å². The molecule has 0 fully saturated rings. The summed E-state index contributed by atoms with van der Waals surface area (Å²) in [5.41, 5.74) is 7.76. The molecule has 0 saturated heterocycles. The molecule has 1 unspecified atom stereocenters. The fourth-order valence-electron chi connectivity index (χ4n) is 6.16. The van der Waals surface area contributed by atoms with Crippen molar-refractivity contribution in [3.05, 3.63) is 158 Å². The van der Waals surface area contributed by atoms with E-state index in [2.05, 4.69) is 99.6 Å². The summed E-state index contributed by atoms with van der Waals surface area (Å²) in [7, 11) is -4.49. The molecular weight excluding hydrogens is 658 g/mol. The van der Waals surface area contributed by atoms with Crippen molar-refractivity contribution in [2.24, 2.45) is 0 Å². The van der Waals surface area contributed by atoms with E-state index in [-0.39, 0.29) is 36.0 Å². The largest absolute Gasteiger partial charge is 1.00 e. The van der Waals surface area contributed by atoms with Crippen molar-refractivity contribution < 1.29 is 42.5 Å². The fourth-order valence-corrected chi connectivity index (χ4v) is 7.71. The molecule has 49 heavy (non-hydrogen) atoms. The monoisotopic (exact) mass is 691 g/mol. The molecule has 0 N–H and O–H groups in total. The zero-order chi connectivity index (χ0) is 33.1. The average Bonchev–Trinajstić information content (AvgIpc) is 3.12. The van der Waals surface area contributed by atoms with Gasteiger partial charge < -0.3 is 19.3 Å². The number of anilines is 8. The summed E-state index contributed by atoms with van der Waals surface area (Å²) >= 11 is 1.69. The topological polar surface area (TPSA) is 66.9 Å². The van der Waals surface area contributed by atoms with Gasteiger partial charge in [0.1, 0.15) is 0 Å². The smallest absolute Gasteiger partial charge is 0.748 e. The van der Waals surface area contributed by atoms with Crippen LogP contribution in [0.1, 0.15) is 13.3 Å². The van der Waals surface area contributed by atoms with Gasteiger partial charge in [0.15, 0.2) is 0 Å². The number of rotatable bonds is 10. The Morgan fingerprint density at radius 3 is 1.24 bits per heavy atom. The fraction of sp³-hybridized carbons (Fsp3) is 0.100. The van der Waals surface area contributed by atoms with E-state index in [1.165, 1.54) is 6.92 Å².